The van der Waals surface area contributed by atoms with Crippen LogP contribution in [0.15, 0.2) is 54.7 Å². The van der Waals surface area contributed by atoms with Crippen LogP contribution in [0.2, 0.25) is 0 Å². The highest BCUT2D eigenvalue weighted by Gasteiger charge is 2.37. The Bertz CT molecular complexity index is 1220. The molecule has 0 aliphatic carbocycles. The molecule has 2 aromatic carbocycles. The molecule has 8 heteroatoms. The Labute approximate surface area is 211 Å². The lowest BCUT2D eigenvalue weighted by molar-refractivity contribution is 0.159. The zero-order chi connectivity index (χ0) is 25.2. The smallest absolute Gasteiger partial charge is 0.325 e. The third-order valence-corrected chi connectivity index (χ3v) is 6.94. The topological polar surface area (TPSA) is 61.8 Å². The van der Waals surface area contributed by atoms with Crippen molar-refractivity contribution in [2.45, 2.75) is 58.8 Å². The molecule has 2 amide bonds. The number of nitrogens with zero attached hydrogens (tertiary/aromatic N) is 5. The first-order valence-electron chi connectivity index (χ1n) is 12.6. The van der Waals surface area contributed by atoms with Crippen LogP contribution >= 0.6 is 0 Å². The number of aryl methyl sites for hydroxylation is 1. The summed E-state index contributed by atoms with van der Waals surface area (Å²) in [6.07, 6.45) is 3.15. The average molecular weight is 490 g/mol. The van der Waals surface area contributed by atoms with E-state index in [0.29, 0.717) is 36.8 Å². The molecule has 1 aromatic heterocycles. The number of para-hydroxylation sites is 2. The van der Waals surface area contributed by atoms with Gasteiger partial charge in [0.25, 0.3) is 0 Å². The van der Waals surface area contributed by atoms with E-state index in [4.69, 9.17) is 4.74 Å². The highest BCUT2D eigenvalue weighted by molar-refractivity contribution is 5.95. The lowest BCUT2D eigenvalue weighted by atomic mass is 9.99. The summed E-state index contributed by atoms with van der Waals surface area (Å²) >= 11 is 0. The van der Waals surface area contributed by atoms with Gasteiger partial charge in [0, 0.05) is 31.7 Å². The maximum Gasteiger partial charge on any atom is 0.325 e. The third-order valence-electron chi connectivity index (χ3n) is 6.94. The zero-order valence-electron chi connectivity index (χ0n) is 21.0. The molecule has 1 saturated heterocycles. The lowest BCUT2D eigenvalue weighted by Gasteiger charge is -2.44. The fourth-order valence-corrected chi connectivity index (χ4v) is 5.25. The van der Waals surface area contributed by atoms with Crippen molar-refractivity contribution >= 4 is 17.4 Å². The number of anilines is 2. The number of hydrogen-bond acceptors (Lipinski definition) is 5. The van der Waals surface area contributed by atoms with E-state index in [9.17, 15) is 9.18 Å². The van der Waals surface area contributed by atoms with Gasteiger partial charge in [0.1, 0.15) is 17.3 Å². The van der Waals surface area contributed by atoms with Crippen LogP contribution in [0, 0.1) is 12.7 Å². The van der Waals surface area contributed by atoms with Crippen molar-refractivity contribution in [3.05, 3.63) is 77.4 Å². The minimum atomic E-state index is -0.189. The molecule has 0 radical (unpaired) electrons. The van der Waals surface area contributed by atoms with Crippen LogP contribution in [0.3, 0.4) is 0 Å². The molecule has 7 nitrogen and oxygen atoms in total. The van der Waals surface area contributed by atoms with Crippen LogP contribution < -0.4 is 14.5 Å². The number of hydrogen-bond donors (Lipinski definition) is 0. The molecule has 0 unspecified atom stereocenters. The Morgan fingerprint density at radius 1 is 1.08 bits per heavy atom. The molecule has 0 bridgehead atoms. The number of fused-ring (bicyclic) bond motifs is 1. The minimum Gasteiger partial charge on any atom is -0.489 e. The summed E-state index contributed by atoms with van der Waals surface area (Å²) in [5.74, 6) is 0.446. The maximum atomic E-state index is 14.6. The predicted octanol–water partition coefficient (Wildman–Crippen LogP) is 5.32. The maximum absolute atomic E-state index is 14.6. The summed E-state index contributed by atoms with van der Waals surface area (Å²) < 4.78 is 20.5. The van der Waals surface area contributed by atoms with Crippen LogP contribution in [0.1, 0.15) is 43.5 Å². The molecule has 2 aliphatic heterocycles. The Kier molecular flexibility index (Phi) is 6.76. The number of piperidine rings is 1. The molecule has 0 saturated carbocycles. The van der Waals surface area contributed by atoms with Crippen LogP contribution in [0.25, 0.3) is 0 Å². The highest BCUT2D eigenvalue weighted by Crippen LogP contribution is 2.35. The highest BCUT2D eigenvalue weighted by atomic mass is 19.1. The molecule has 188 valence electrons. The summed E-state index contributed by atoms with van der Waals surface area (Å²) in [6.45, 7) is 8.10. The number of urea groups is 1. The van der Waals surface area contributed by atoms with Crippen molar-refractivity contribution in [2.24, 2.45) is 0 Å². The summed E-state index contributed by atoms with van der Waals surface area (Å²) in [5, 5.41) is 8.34. The quantitative estimate of drug-likeness (QED) is 0.469. The normalized spacial score (nSPS) is 16.5. The molecule has 1 fully saturated rings. The van der Waals surface area contributed by atoms with E-state index in [1.54, 1.807) is 23.2 Å². The lowest BCUT2D eigenvalue weighted by Crippen LogP contribution is -2.54. The zero-order valence-corrected chi connectivity index (χ0v) is 21.0. The molecular formula is C28H32FN5O2. The summed E-state index contributed by atoms with van der Waals surface area (Å²) in [7, 11) is 0. The fourth-order valence-electron chi connectivity index (χ4n) is 5.25. The number of amides is 2. The van der Waals surface area contributed by atoms with E-state index in [-0.39, 0.29) is 30.5 Å². The predicted molar refractivity (Wildman–Crippen MR) is 138 cm³/mol. The number of ether oxygens (including phenoxy) is 1. The van der Waals surface area contributed by atoms with Gasteiger partial charge in [-0.1, -0.05) is 30.3 Å². The molecule has 3 aromatic rings. The molecule has 5 rings (SSSR count). The molecular weight excluding hydrogens is 457 g/mol. The number of rotatable bonds is 6. The van der Waals surface area contributed by atoms with E-state index in [1.807, 2.05) is 49.9 Å². The third kappa shape index (κ3) is 4.72. The number of halogens is 1. The first-order valence-corrected chi connectivity index (χ1v) is 12.6. The van der Waals surface area contributed by atoms with Gasteiger partial charge in [-0.15, -0.1) is 5.10 Å². The van der Waals surface area contributed by atoms with Crippen LogP contribution in [-0.4, -0.2) is 46.4 Å². The van der Waals surface area contributed by atoms with Crippen LogP contribution in [-0.2, 0) is 13.1 Å². The summed E-state index contributed by atoms with van der Waals surface area (Å²) in [6, 6.07) is 15.0. The van der Waals surface area contributed by atoms with Gasteiger partial charge in [-0.25, -0.2) is 9.18 Å². The molecule has 36 heavy (non-hydrogen) atoms. The first kappa shape index (κ1) is 24.0. The molecule has 3 heterocycles. The molecule has 2 aliphatic rings. The Hall–Kier alpha value is -3.68. The van der Waals surface area contributed by atoms with E-state index in [1.165, 1.54) is 6.07 Å². The van der Waals surface area contributed by atoms with Gasteiger partial charge in [-0.2, -0.15) is 5.10 Å². The largest absolute Gasteiger partial charge is 0.489 e. The van der Waals surface area contributed by atoms with Crippen molar-refractivity contribution < 1.29 is 13.9 Å². The van der Waals surface area contributed by atoms with Gasteiger partial charge in [0.05, 0.1) is 30.2 Å². The second kappa shape index (κ2) is 10.1. The Morgan fingerprint density at radius 3 is 2.61 bits per heavy atom. The van der Waals surface area contributed by atoms with E-state index in [2.05, 4.69) is 21.2 Å². The van der Waals surface area contributed by atoms with Crippen molar-refractivity contribution in [2.75, 3.05) is 22.9 Å². The molecule has 0 atom stereocenters. The number of carbonyl (C=O) groups excluding carboxylic acids is 1. The standard InChI is InChI=1S/C28H32FN5O2/c1-19(2)36-26-11-14-30-31-24(26)18-34-25-10-5-4-8-21(25)17-33(28(34)35)22-12-15-32(16-13-22)27-20(3)7-6-9-23(27)29/h4-11,14,19,22H,12-13,15-18H2,1-3H3. The summed E-state index contributed by atoms with van der Waals surface area (Å²) in [4.78, 5) is 19.7. The van der Waals surface area contributed by atoms with Crippen molar-refractivity contribution in [3.63, 3.8) is 0 Å². The van der Waals surface area contributed by atoms with Gasteiger partial charge in [0.15, 0.2) is 0 Å². The van der Waals surface area contributed by atoms with Crippen molar-refractivity contribution in [1.29, 1.82) is 0 Å². The van der Waals surface area contributed by atoms with Gasteiger partial charge in [0.2, 0.25) is 0 Å². The number of aromatic nitrogens is 2. The van der Waals surface area contributed by atoms with E-state index in [0.717, 1.165) is 29.7 Å². The Morgan fingerprint density at radius 2 is 1.86 bits per heavy atom. The molecule has 0 spiro atoms. The fraction of sp³-hybridized carbons (Fsp3) is 0.393. The summed E-state index contributed by atoms with van der Waals surface area (Å²) in [5.41, 5.74) is 4.22. The monoisotopic (exact) mass is 489 g/mol. The first-order chi connectivity index (χ1) is 17.4. The van der Waals surface area contributed by atoms with Crippen LogP contribution in [0.4, 0.5) is 20.6 Å². The van der Waals surface area contributed by atoms with Crippen molar-refractivity contribution in [1.82, 2.24) is 15.1 Å². The molecule has 0 N–H and O–H groups in total. The van der Waals surface area contributed by atoms with E-state index < -0.39 is 0 Å². The number of carbonyl (C=O) groups is 1. The second-order valence-electron chi connectivity index (χ2n) is 9.76. The van der Waals surface area contributed by atoms with Gasteiger partial charge < -0.3 is 14.5 Å². The van der Waals surface area contributed by atoms with Crippen molar-refractivity contribution in [3.8, 4) is 5.75 Å². The number of benzene rings is 2. The minimum absolute atomic E-state index is 0.0166. The second-order valence-corrected chi connectivity index (χ2v) is 9.76. The Balaban J connectivity index is 1.37. The van der Waals surface area contributed by atoms with Gasteiger partial charge in [-0.3, -0.25) is 4.90 Å². The van der Waals surface area contributed by atoms with Crippen LogP contribution in [0.5, 0.6) is 5.75 Å². The van der Waals surface area contributed by atoms with E-state index >= 15 is 0 Å². The SMILES string of the molecule is Cc1cccc(F)c1N1CCC(N2Cc3ccccc3N(Cc3nnccc3OC(C)C)C2=O)CC1. The van der Waals surface area contributed by atoms with Gasteiger partial charge >= 0.3 is 6.03 Å². The van der Waals surface area contributed by atoms with Gasteiger partial charge in [-0.05, 0) is 56.9 Å². The average Bonchev–Trinajstić information content (AvgIpc) is 2.87.